The summed E-state index contributed by atoms with van der Waals surface area (Å²) in [5, 5.41) is 10.8. The lowest BCUT2D eigenvalue weighted by Gasteiger charge is -2.07. The average molecular weight is 293 g/mol. The second-order valence-electron chi connectivity index (χ2n) is 3.86. The van der Waals surface area contributed by atoms with Crippen molar-refractivity contribution in [2.24, 2.45) is 0 Å². The maximum atomic E-state index is 13.2. The van der Waals surface area contributed by atoms with Crippen molar-refractivity contribution in [2.75, 3.05) is 5.32 Å². The van der Waals surface area contributed by atoms with Gasteiger partial charge in [-0.05, 0) is 30.3 Å². The van der Waals surface area contributed by atoms with Crippen LogP contribution in [0.1, 0.15) is 15.9 Å². The Morgan fingerprint density at radius 1 is 1.20 bits per heavy atom. The van der Waals surface area contributed by atoms with E-state index in [1.165, 1.54) is 24.3 Å². The van der Waals surface area contributed by atoms with E-state index in [0.29, 0.717) is 0 Å². The van der Waals surface area contributed by atoms with Gasteiger partial charge < -0.3 is 5.32 Å². The summed E-state index contributed by atoms with van der Waals surface area (Å²) in [7, 11) is 0. The Labute approximate surface area is 118 Å². The number of carbonyl (C=O) groups excluding carboxylic acids is 1. The second kappa shape index (κ2) is 5.68. The maximum absolute atomic E-state index is 13.2. The summed E-state index contributed by atoms with van der Waals surface area (Å²) in [4.78, 5) is 11.9. The van der Waals surface area contributed by atoms with Gasteiger partial charge in [0.15, 0.2) is 0 Å². The SMILES string of the molecule is N#Cc1cc(NC(=O)c2cccc(F)c2Cl)ccc1F. The van der Waals surface area contributed by atoms with Crippen molar-refractivity contribution >= 4 is 23.2 Å². The minimum absolute atomic E-state index is 0.0468. The third kappa shape index (κ3) is 2.76. The van der Waals surface area contributed by atoms with Gasteiger partial charge in [-0.2, -0.15) is 5.26 Å². The molecule has 0 aliphatic rings. The van der Waals surface area contributed by atoms with Crippen LogP contribution in [0.4, 0.5) is 14.5 Å². The number of hydrogen-bond donors (Lipinski definition) is 1. The molecule has 1 amide bonds. The lowest BCUT2D eigenvalue weighted by molar-refractivity contribution is 0.102. The molecule has 0 aliphatic heterocycles. The van der Waals surface area contributed by atoms with Crippen LogP contribution in [-0.2, 0) is 0 Å². The molecule has 0 fully saturated rings. The quantitative estimate of drug-likeness (QED) is 0.916. The number of halogens is 3. The summed E-state index contributed by atoms with van der Waals surface area (Å²) < 4.78 is 26.4. The molecule has 2 aromatic rings. The number of nitrogens with zero attached hydrogens (tertiary/aromatic N) is 1. The van der Waals surface area contributed by atoms with E-state index in [1.807, 2.05) is 0 Å². The zero-order chi connectivity index (χ0) is 14.7. The van der Waals surface area contributed by atoms with E-state index in [0.717, 1.165) is 12.1 Å². The zero-order valence-corrected chi connectivity index (χ0v) is 10.7. The van der Waals surface area contributed by atoms with E-state index in [1.54, 1.807) is 6.07 Å². The van der Waals surface area contributed by atoms with Crippen LogP contribution in [0.5, 0.6) is 0 Å². The second-order valence-corrected chi connectivity index (χ2v) is 4.24. The molecule has 6 heteroatoms. The van der Waals surface area contributed by atoms with Crippen LogP contribution in [0.25, 0.3) is 0 Å². The minimum atomic E-state index is -0.712. The predicted octanol–water partition coefficient (Wildman–Crippen LogP) is 3.74. The number of nitrogens with one attached hydrogen (secondary N) is 1. The van der Waals surface area contributed by atoms with Crippen molar-refractivity contribution in [3.8, 4) is 6.07 Å². The van der Waals surface area contributed by atoms with Crippen LogP contribution in [0, 0.1) is 23.0 Å². The number of rotatable bonds is 2. The fourth-order valence-electron chi connectivity index (χ4n) is 1.57. The molecule has 0 saturated carbocycles. The molecule has 2 rings (SSSR count). The number of hydrogen-bond acceptors (Lipinski definition) is 2. The van der Waals surface area contributed by atoms with Crippen LogP contribution in [0.2, 0.25) is 5.02 Å². The molecule has 0 heterocycles. The predicted molar refractivity (Wildman–Crippen MR) is 70.5 cm³/mol. The fourth-order valence-corrected chi connectivity index (χ4v) is 1.78. The van der Waals surface area contributed by atoms with Crippen molar-refractivity contribution < 1.29 is 13.6 Å². The highest BCUT2D eigenvalue weighted by Gasteiger charge is 2.14. The number of anilines is 1. The number of carbonyl (C=O) groups is 1. The van der Waals surface area contributed by atoms with E-state index in [9.17, 15) is 13.6 Å². The van der Waals surface area contributed by atoms with Crippen LogP contribution < -0.4 is 5.32 Å². The van der Waals surface area contributed by atoms with Crippen molar-refractivity contribution in [3.63, 3.8) is 0 Å². The highest BCUT2D eigenvalue weighted by molar-refractivity contribution is 6.34. The van der Waals surface area contributed by atoms with Crippen LogP contribution in [0.3, 0.4) is 0 Å². The summed E-state index contributed by atoms with van der Waals surface area (Å²) in [6, 6.07) is 9.02. The number of nitriles is 1. The molecule has 0 saturated heterocycles. The summed E-state index contributed by atoms with van der Waals surface area (Å²) in [5.74, 6) is -2.05. The van der Waals surface area contributed by atoms with Crippen LogP contribution >= 0.6 is 11.6 Å². The smallest absolute Gasteiger partial charge is 0.257 e. The largest absolute Gasteiger partial charge is 0.322 e. The lowest BCUT2D eigenvalue weighted by atomic mass is 10.1. The molecule has 0 atom stereocenters. The average Bonchev–Trinajstić information content (AvgIpc) is 2.43. The summed E-state index contributed by atoms with van der Waals surface area (Å²) in [6.07, 6.45) is 0. The molecule has 2 aromatic carbocycles. The van der Waals surface area contributed by atoms with Gasteiger partial charge in [0.2, 0.25) is 0 Å². The van der Waals surface area contributed by atoms with Crippen LogP contribution in [0.15, 0.2) is 36.4 Å². The number of amides is 1. The number of benzene rings is 2. The lowest BCUT2D eigenvalue weighted by Crippen LogP contribution is -2.13. The van der Waals surface area contributed by atoms with E-state index >= 15 is 0 Å². The van der Waals surface area contributed by atoms with Gasteiger partial charge in [-0.1, -0.05) is 17.7 Å². The first-order valence-corrected chi connectivity index (χ1v) is 5.85. The van der Waals surface area contributed by atoms with Gasteiger partial charge in [-0.15, -0.1) is 0 Å². The van der Waals surface area contributed by atoms with Gasteiger partial charge in [-0.3, -0.25) is 4.79 Å². The first-order chi connectivity index (χ1) is 9.52. The Hall–Kier alpha value is -2.45. The molecule has 0 unspecified atom stereocenters. The first kappa shape index (κ1) is 14.0. The molecular weight excluding hydrogens is 286 g/mol. The Kier molecular flexibility index (Phi) is 3.97. The molecule has 0 radical (unpaired) electrons. The molecule has 0 bridgehead atoms. The van der Waals surface area contributed by atoms with Crippen LogP contribution in [-0.4, -0.2) is 5.91 Å². The summed E-state index contributed by atoms with van der Waals surface area (Å²) in [5.41, 5.74) is -0.0316. The van der Waals surface area contributed by atoms with E-state index in [-0.39, 0.29) is 21.8 Å². The highest BCUT2D eigenvalue weighted by atomic mass is 35.5. The summed E-state index contributed by atoms with van der Waals surface area (Å²) >= 11 is 5.69. The molecule has 0 aromatic heterocycles. The van der Waals surface area contributed by atoms with Gasteiger partial charge in [0.1, 0.15) is 17.7 Å². The molecule has 0 aliphatic carbocycles. The highest BCUT2D eigenvalue weighted by Crippen LogP contribution is 2.21. The van der Waals surface area contributed by atoms with Crippen molar-refractivity contribution in [3.05, 3.63) is 64.2 Å². The van der Waals surface area contributed by atoms with Gasteiger partial charge >= 0.3 is 0 Å². The first-order valence-electron chi connectivity index (χ1n) is 5.48. The molecule has 100 valence electrons. The third-order valence-corrected chi connectivity index (χ3v) is 2.93. The standard InChI is InChI=1S/C14H7ClF2N2O/c15-13-10(2-1-3-12(13)17)14(20)19-9-4-5-11(16)8(6-9)7-18/h1-6H,(H,19,20). The Bertz CT molecular complexity index is 726. The van der Waals surface area contributed by atoms with Gasteiger partial charge in [0.05, 0.1) is 16.1 Å². The Balaban J connectivity index is 2.29. The van der Waals surface area contributed by atoms with Gasteiger partial charge in [0.25, 0.3) is 5.91 Å². The molecular formula is C14H7ClF2N2O. The molecule has 20 heavy (non-hydrogen) atoms. The van der Waals surface area contributed by atoms with Crippen molar-refractivity contribution in [1.29, 1.82) is 5.26 Å². The molecule has 0 spiro atoms. The topological polar surface area (TPSA) is 52.9 Å². The molecule has 1 N–H and O–H groups in total. The minimum Gasteiger partial charge on any atom is -0.322 e. The van der Waals surface area contributed by atoms with Gasteiger partial charge in [-0.25, -0.2) is 8.78 Å². The normalized spacial score (nSPS) is 9.90. The zero-order valence-electron chi connectivity index (χ0n) is 9.95. The maximum Gasteiger partial charge on any atom is 0.257 e. The van der Waals surface area contributed by atoms with E-state index < -0.39 is 17.5 Å². The summed E-state index contributed by atoms with van der Waals surface area (Å²) in [6.45, 7) is 0. The van der Waals surface area contributed by atoms with E-state index in [2.05, 4.69) is 5.32 Å². The fraction of sp³-hybridized carbons (Fsp3) is 0. The van der Waals surface area contributed by atoms with Crippen molar-refractivity contribution in [1.82, 2.24) is 0 Å². The van der Waals surface area contributed by atoms with Crippen molar-refractivity contribution in [2.45, 2.75) is 0 Å². The monoisotopic (exact) mass is 292 g/mol. The van der Waals surface area contributed by atoms with E-state index in [4.69, 9.17) is 16.9 Å². The van der Waals surface area contributed by atoms with Gasteiger partial charge in [0, 0.05) is 5.69 Å². The third-order valence-electron chi connectivity index (χ3n) is 2.54. The Morgan fingerprint density at radius 3 is 2.65 bits per heavy atom. The molecule has 3 nitrogen and oxygen atoms in total. The Morgan fingerprint density at radius 2 is 1.95 bits per heavy atom.